The Bertz CT molecular complexity index is 2410. The number of rotatable bonds is 8. The van der Waals surface area contributed by atoms with Gasteiger partial charge in [-0.1, -0.05) is 127 Å². The number of aromatic nitrogens is 2. The minimum Gasteiger partial charge on any atom is -0.310 e. The lowest BCUT2D eigenvalue weighted by atomic mass is 9.95. The van der Waals surface area contributed by atoms with Crippen LogP contribution in [0.3, 0.4) is 0 Å². The zero-order valence-electron chi connectivity index (χ0n) is 30.6. The molecule has 0 aliphatic heterocycles. The van der Waals surface area contributed by atoms with Crippen molar-refractivity contribution in [1.29, 1.82) is 0 Å². The van der Waals surface area contributed by atoms with Gasteiger partial charge in [-0.2, -0.15) is 0 Å². The van der Waals surface area contributed by atoms with Crippen molar-refractivity contribution in [3.05, 3.63) is 198 Å². The van der Waals surface area contributed by atoms with E-state index in [4.69, 9.17) is 9.97 Å². The molecule has 0 aliphatic rings. The lowest BCUT2D eigenvalue weighted by Gasteiger charge is -2.30. The Balaban J connectivity index is 1.31. The first-order valence-electron chi connectivity index (χ1n) is 18.1. The minimum absolute atomic E-state index is 0.936. The highest BCUT2D eigenvalue weighted by atomic mass is 15.1. The number of pyridine rings is 2. The molecule has 8 aromatic rings. The van der Waals surface area contributed by atoms with E-state index >= 15 is 0 Å². The van der Waals surface area contributed by atoms with Crippen molar-refractivity contribution >= 4 is 17.1 Å². The maximum absolute atomic E-state index is 4.94. The van der Waals surface area contributed by atoms with Crippen molar-refractivity contribution in [2.45, 2.75) is 27.7 Å². The lowest BCUT2D eigenvalue weighted by molar-refractivity contribution is 1.23. The third-order valence-electron chi connectivity index (χ3n) is 9.93. The molecule has 6 aromatic carbocycles. The van der Waals surface area contributed by atoms with Crippen molar-refractivity contribution in [1.82, 2.24) is 9.97 Å². The topological polar surface area (TPSA) is 29.0 Å². The van der Waals surface area contributed by atoms with Crippen molar-refractivity contribution in [2.24, 2.45) is 0 Å². The SMILES string of the molecule is Cc1cc(C)c(N(c2cccc(-c3cc(-c4ccccc4)c(C)cn3)c2)c2cccc(-c3cc(-c4ccccc4)c(C)cn3)c2)c(-c2ccccc2)c1. The van der Waals surface area contributed by atoms with Crippen LogP contribution in [0.4, 0.5) is 17.1 Å². The van der Waals surface area contributed by atoms with Crippen LogP contribution in [0.25, 0.3) is 55.9 Å². The van der Waals surface area contributed by atoms with E-state index in [1.807, 2.05) is 12.4 Å². The highest BCUT2D eigenvalue weighted by molar-refractivity contribution is 5.92. The number of aryl methyl sites for hydroxylation is 4. The van der Waals surface area contributed by atoms with Gasteiger partial charge in [-0.15, -0.1) is 0 Å². The van der Waals surface area contributed by atoms with Crippen LogP contribution in [-0.2, 0) is 0 Å². The van der Waals surface area contributed by atoms with Crippen LogP contribution in [0.2, 0.25) is 0 Å². The number of anilines is 3. The van der Waals surface area contributed by atoms with Gasteiger partial charge in [-0.05, 0) is 115 Å². The number of nitrogens with zero attached hydrogens (tertiary/aromatic N) is 3. The molecule has 53 heavy (non-hydrogen) atoms. The molecule has 0 bridgehead atoms. The van der Waals surface area contributed by atoms with Crippen LogP contribution in [-0.4, -0.2) is 9.97 Å². The molecular weight excluding hydrogens is 643 g/mol. The molecule has 0 N–H and O–H groups in total. The normalized spacial score (nSPS) is 11.0. The number of hydrogen-bond donors (Lipinski definition) is 0. The van der Waals surface area contributed by atoms with E-state index < -0.39 is 0 Å². The van der Waals surface area contributed by atoms with Crippen LogP contribution in [0, 0.1) is 27.7 Å². The van der Waals surface area contributed by atoms with Gasteiger partial charge in [0.25, 0.3) is 0 Å². The first-order valence-corrected chi connectivity index (χ1v) is 18.1. The molecule has 0 saturated heterocycles. The summed E-state index contributed by atoms with van der Waals surface area (Å²) < 4.78 is 0. The van der Waals surface area contributed by atoms with Crippen molar-refractivity contribution in [3.8, 4) is 55.9 Å². The van der Waals surface area contributed by atoms with Gasteiger partial charge >= 0.3 is 0 Å². The molecule has 0 aliphatic carbocycles. The summed E-state index contributed by atoms with van der Waals surface area (Å²) in [6, 6.07) is 58.4. The maximum Gasteiger partial charge on any atom is 0.0709 e. The molecule has 2 aromatic heterocycles. The van der Waals surface area contributed by atoms with Gasteiger partial charge in [0.15, 0.2) is 0 Å². The highest BCUT2D eigenvalue weighted by Crippen LogP contribution is 2.45. The Morgan fingerprint density at radius 1 is 0.358 bits per heavy atom. The molecule has 0 radical (unpaired) electrons. The Hall–Kier alpha value is -6.58. The van der Waals surface area contributed by atoms with E-state index in [-0.39, 0.29) is 0 Å². The van der Waals surface area contributed by atoms with Gasteiger partial charge in [0.05, 0.1) is 17.1 Å². The van der Waals surface area contributed by atoms with Crippen LogP contribution < -0.4 is 4.90 Å². The summed E-state index contributed by atoms with van der Waals surface area (Å²) in [5, 5.41) is 0. The average molecular weight is 684 g/mol. The molecule has 3 heteroatoms. The monoisotopic (exact) mass is 683 g/mol. The van der Waals surface area contributed by atoms with Gasteiger partial charge in [0.1, 0.15) is 0 Å². The molecule has 256 valence electrons. The van der Waals surface area contributed by atoms with Gasteiger partial charge in [0.2, 0.25) is 0 Å². The van der Waals surface area contributed by atoms with Crippen molar-refractivity contribution in [2.75, 3.05) is 4.90 Å². The van der Waals surface area contributed by atoms with Crippen LogP contribution in [0.5, 0.6) is 0 Å². The first kappa shape index (κ1) is 33.6. The fraction of sp³-hybridized carbons (Fsp3) is 0.0800. The third-order valence-corrected chi connectivity index (χ3v) is 9.93. The zero-order chi connectivity index (χ0) is 36.3. The second-order valence-corrected chi connectivity index (χ2v) is 13.8. The maximum atomic E-state index is 4.94. The molecule has 3 nitrogen and oxygen atoms in total. The van der Waals surface area contributed by atoms with Crippen LogP contribution >= 0.6 is 0 Å². The summed E-state index contributed by atoms with van der Waals surface area (Å²) in [5.74, 6) is 0. The molecule has 0 unspecified atom stereocenters. The lowest BCUT2D eigenvalue weighted by Crippen LogP contribution is -2.13. The van der Waals surface area contributed by atoms with E-state index in [1.54, 1.807) is 0 Å². The quantitative estimate of drug-likeness (QED) is 0.160. The summed E-state index contributed by atoms with van der Waals surface area (Å²) in [6.45, 7) is 8.65. The molecule has 0 saturated carbocycles. The largest absolute Gasteiger partial charge is 0.310 e. The smallest absolute Gasteiger partial charge is 0.0709 e. The summed E-state index contributed by atoms with van der Waals surface area (Å²) in [5.41, 5.74) is 19.0. The molecular formula is C50H41N3. The molecule has 2 heterocycles. The number of hydrogen-bond acceptors (Lipinski definition) is 3. The summed E-state index contributed by atoms with van der Waals surface area (Å²) in [6.07, 6.45) is 3.98. The molecule has 0 amide bonds. The van der Waals surface area contributed by atoms with Crippen molar-refractivity contribution in [3.63, 3.8) is 0 Å². The summed E-state index contributed by atoms with van der Waals surface area (Å²) in [4.78, 5) is 12.3. The highest BCUT2D eigenvalue weighted by Gasteiger charge is 2.22. The Morgan fingerprint density at radius 3 is 1.23 bits per heavy atom. The Kier molecular flexibility index (Phi) is 9.23. The van der Waals surface area contributed by atoms with E-state index in [1.165, 1.54) is 44.5 Å². The van der Waals surface area contributed by atoms with E-state index in [0.29, 0.717) is 0 Å². The zero-order valence-corrected chi connectivity index (χ0v) is 30.6. The minimum atomic E-state index is 0.936. The van der Waals surface area contributed by atoms with Gasteiger partial charge < -0.3 is 4.90 Å². The standard InChI is InChI=1S/C50H41N3/c1-34-26-35(2)50(47(27-34)40-20-12-7-13-21-40)53(43-24-14-22-41(28-43)48-30-45(36(3)32-51-48)38-16-8-5-9-17-38)44-25-15-23-42(29-44)49-31-46(37(4)33-52-49)39-18-10-6-11-19-39/h5-33H,1-4H3. The predicted octanol–water partition coefficient (Wildman–Crippen LogP) is 13.5. The Labute approximate surface area is 312 Å². The third kappa shape index (κ3) is 6.90. The molecule has 0 atom stereocenters. The second kappa shape index (κ2) is 14.6. The van der Waals surface area contributed by atoms with Gasteiger partial charge in [0, 0.05) is 40.5 Å². The second-order valence-electron chi connectivity index (χ2n) is 13.8. The fourth-order valence-electron chi connectivity index (χ4n) is 7.33. The molecule has 8 rings (SSSR count). The first-order chi connectivity index (χ1) is 25.9. The summed E-state index contributed by atoms with van der Waals surface area (Å²) in [7, 11) is 0. The van der Waals surface area contributed by atoms with Gasteiger partial charge in [-0.25, -0.2) is 0 Å². The van der Waals surface area contributed by atoms with Crippen LogP contribution in [0.1, 0.15) is 22.3 Å². The van der Waals surface area contributed by atoms with E-state index in [0.717, 1.165) is 50.7 Å². The van der Waals surface area contributed by atoms with E-state index in [2.05, 4.69) is 196 Å². The molecule has 0 spiro atoms. The number of benzene rings is 6. The fourth-order valence-corrected chi connectivity index (χ4v) is 7.33. The predicted molar refractivity (Wildman–Crippen MR) is 223 cm³/mol. The molecule has 0 fully saturated rings. The summed E-state index contributed by atoms with van der Waals surface area (Å²) >= 11 is 0. The van der Waals surface area contributed by atoms with Crippen LogP contribution in [0.15, 0.2) is 176 Å². The van der Waals surface area contributed by atoms with Crippen molar-refractivity contribution < 1.29 is 0 Å². The van der Waals surface area contributed by atoms with Gasteiger partial charge in [-0.3, -0.25) is 9.97 Å². The average Bonchev–Trinajstić information content (AvgIpc) is 3.20. The Morgan fingerprint density at radius 2 is 0.774 bits per heavy atom. The van der Waals surface area contributed by atoms with E-state index in [9.17, 15) is 0 Å².